The molecule has 0 spiro atoms. The first-order chi connectivity index (χ1) is 33.2. The standard InChI is InChI=1S/C62H40N4O/c1-3-16-38(17-4-1)47-31-30-39-18-11-12-25-46(39)49-27-15-28-50(58(47)49)61-63-60(40-19-5-2-6-20-40)64-62(65-61)54-37-45(36-53-48-26-13-14-29-57(48)67-59(53)54)66-55-34-43-23-9-7-21-41(43)32-51(55)52-33-42-22-8-10-24-44(42)35-56(52)66/h1-29,32-37,47H,30-31H2/t47-/m1/s1. The molecule has 5 heteroatoms. The van der Waals surface area contributed by atoms with Crippen molar-refractivity contribution in [1.82, 2.24) is 19.5 Å². The third kappa shape index (κ3) is 6.05. The number of aromatic nitrogens is 4. The molecule has 0 amide bonds. The number of rotatable bonds is 5. The Bertz CT molecular complexity index is 4020. The SMILES string of the molecule is c1ccc(-c2nc(-c3cccc4c3[C@@H](c3ccccc3)CCc3ccccc3-4)nc(-c3cc(-n4c5cc6ccccc6cc5c5cc6ccccc6cc54)cc4c3oc3ccccc34)n2)cc1. The second kappa shape index (κ2) is 14.9. The Morgan fingerprint density at radius 1 is 0.418 bits per heavy atom. The van der Waals surface area contributed by atoms with Crippen molar-refractivity contribution in [2.45, 2.75) is 18.8 Å². The molecule has 0 unspecified atom stereocenters. The molecule has 3 aromatic heterocycles. The van der Waals surface area contributed by atoms with E-state index in [1.807, 2.05) is 30.3 Å². The Labute approximate surface area is 386 Å². The quantitative estimate of drug-likeness (QED) is 0.173. The minimum absolute atomic E-state index is 0.119. The molecule has 13 aromatic rings. The average molecular weight is 857 g/mol. The number of aryl methyl sites for hydroxylation is 1. The molecule has 1 atom stereocenters. The molecule has 1 aliphatic rings. The Balaban J connectivity index is 1.08. The van der Waals surface area contributed by atoms with Crippen LogP contribution in [0.4, 0.5) is 0 Å². The van der Waals surface area contributed by atoms with E-state index in [-0.39, 0.29) is 5.92 Å². The lowest BCUT2D eigenvalue weighted by molar-refractivity contribution is 0.669. The van der Waals surface area contributed by atoms with Gasteiger partial charge in [-0.3, -0.25) is 0 Å². The van der Waals surface area contributed by atoms with Gasteiger partial charge in [0.2, 0.25) is 0 Å². The molecule has 0 saturated heterocycles. The van der Waals surface area contributed by atoms with Gasteiger partial charge in [0.1, 0.15) is 11.2 Å². The number of furan rings is 1. The van der Waals surface area contributed by atoms with Crippen LogP contribution in [0.2, 0.25) is 0 Å². The van der Waals surface area contributed by atoms with E-state index in [1.54, 1.807) is 0 Å². The summed E-state index contributed by atoms with van der Waals surface area (Å²) in [6, 6.07) is 76.2. The second-order valence-electron chi connectivity index (χ2n) is 17.8. The monoisotopic (exact) mass is 856 g/mol. The summed E-state index contributed by atoms with van der Waals surface area (Å²) in [5.74, 6) is 1.90. The van der Waals surface area contributed by atoms with Crippen LogP contribution in [0.25, 0.3) is 116 Å². The van der Waals surface area contributed by atoms with Gasteiger partial charge in [-0.2, -0.15) is 0 Å². The average Bonchev–Trinajstić information content (AvgIpc) is 3.85. The van der Waals surface area contributed by atoms with Crippen molar-refractivity contribution in [1.29, 1.82) is 0 Å². The minimum atomic E-state index is 0.119. The third-order valence-corrected chi connectivity index (χ3v) is 14.0. The highest BCUT2D eigenvalue weighted by Crippen LogP contribution is 2.47. The molecular formula is C62H40N4O. The maximum Gasteiger partial charge on any atom is 0.167 e. The summed E-state index contributed by atoms with van der Waals surface area (Å²) in [7, 11) is 0. The number of fused-ring (bicyclic) bond motifs is 11. The number of benzene rings is 10. The van der Waals surface area contributed by atoms with Crippen molar-refractivity contribution in [3.63, 3.8) is 0 Å². The summed E-state index contributed by atoms with van der Waals surface area (Å²) in [5.41, 5.74) is 13.9. The highest BCUT2D eigenvalue weighted by atomic mass is 16.3. The smallest absolute Gasteiger partial charge is 0.167 e. The van der Waals surface area contributed by atoms with Gasteiger partial charge in [0.15, 0.2) is 17.5 Å². The predicted molar refractivity (Wildman–Crippen MR) is 275 cm³/mol. The molecular weight excluding hydrogens is 817 g/mol. The number of para-hydroxylation sites is 1. The molecule has 0 radical (unpaired) electrons. The fourth-order valence-corrected chi connectivity index (χ4v) is 10.9. The first-order valence-electron chi connectivity index (χ1n) is 23.1. The zero-order valence-corrected chi connectivity index (χ0v) is 36.4. The molecule has 10 aromatic carbocycles. The molecule has 0 aliphatic heterocycles. The van der Waals surface area contributed by atoms with Crippen molar-refractivity contribution >= 4 is 65.3 Å². The van der Waals surface area contributed by atoms with Gasteiger partial charge in [0.25, 0.3) is 0 Å². The number of nitrogens with zero attached hydrogens (tertiary/aromatic N) is 4. The fraction of sp³-hybridized carbons (Fsp3) is 0.0484. The van der Waals surface area contributed by atoms with E-state index in [4.69, 9.17) is 19.4 Å². The molecule has 0 saturated carbocycles. The molecule has 14 rings (SSSR count). The summed E-state index contributed by atoms with van der Waals surface area (Å²) in [5, 5.41) is 9.23. The molecule has 0 bridgehead atoms. The largest absolute Gasteiger partial charge is 0.455 e. The molecule has 314 valence electrons. The number of hydrogen-bond donors (Lipinski definition) is 0. The Hall–Kier alpha value is -8.67. The van der Waals surface area contributed by atoms with Gasteiger partial charge in [-0.25, -0.2) is 15.0 Å². The van der Waals surface area contributed by atoms with Crippen LogP contribution in [0.5, 0.6) is 0 Å². The molecule has 0 N–H and O–H groups in total. The van der Waals surface area contributed by atoms with E-state index < -0.39 is 0 Å². The molecule has 1 aliphatic carbocycles. The van der Waals surface area contributed by atoms with Gasteiger partial charge in [-0.05, 0) is 105 Å². The zero-order chi connectivity index (χ0) is 44.0. The van der Waals surface area contributed by atoms with Gasteiger partial charge in [-0.15, -0.1) is 0 Å². The van der Waals surface area contributed by atoms with Crippen LogP contribution in [0, 0.1) is 0 Å². The third-order valence-electron chi connectivity index (χ3n) is 14.0. The van der Waals surface area contributed by atoms with Gasteiger partial charge in [-0.1, -0.05) is 170 Å². The van der Waals surface area contributed by atoms with Crippen LogP contribution in [-0.4, -0.2) is 19.5 Å². The minimum Gasteiger partial charge on any atom is -0.455 e. The van der Waals surface area contributed by atoms with Gasteiger partial charge < -0.3 is 8.98 Å². The first-order valence-corrected chi connectivity index (χ1v) is 23.1. The molecule has 0 fully saturated rings. The van der Waals surface area contributed by atoms with Crippen molar-refractivity contribution in [3.05, 3.63) is 229 Å². The summed E-state index contributed by atoms with van der Waals surface area (Å²) in [6.45, 7) is 0. The predicted octanol–water partition coefficient (Wildman–Crippen LogP) is 15.9. The summed E-state index contributed by atoms with van der Waals surface area (Å²) < 4.78 is 9.33. The Morgan fingerprint density at radius 3 is 1.72 bits per heavy atom. The van der Waals surface area contributed by atoms with E-state index in [9.17, 15) is 0 Å². The van der Waals surface area contributed by atoms with E-state index in [1.165, 1.54) is 60.1 Å². The second-order valence-corrected chi connectivity index (χ2v) is 17.8. The lowest BCUT2D eigenvalue weighted by Gasteiger charge is -2.22. The van der Waals surface area contributed by atoms with Gasteiger partial charge in [0.05, 0.1) is 16.6 Å². The Kier molecular flexibility index (Phi) is 8.40. The number of hydrogen-bond acceptors (Lipinski definition) is 4. The van der Waals surface area contributed by atoms with E-state index in [2.05, 4.69) is 187 Å². The van der Waals surface area contributed by atoms with Crippen molar-refractivity contribution in [2.75, 3.05) is 0 Å². The van der Waals surface area contributed by atoms with E-state index in [0.717, 1.165) is 68.2 Å². The van der Waals surface area contributed by atoms with Crippen LogP contribution < -0.4 is 0 Å². The Morgan fingerprint density at radius 2 is 0.985 bits per heavy atom. The van der Waals surface area contributed by atoms with Crippen LogP contribution in [0.3, 0.4) is 0 Å². The highest BCUT2D eigenvalue weighted by molar-refractivity contribution is 6.17. The van der Waals surface area contributed by atoms with E-state index >= 15 is 0 Å². The van der Waals surface area contributed by atoms with Gasteiger partial charge in [0, 0.05) is 44.3 Å². The molecule has 5 nitrogen and oxygen atoms in total. The maximum absolute atomic E-state index is 6.90. The normalized spacial score (nSPS) is 13.7. The van der Waals surface area contributed by atoms with Crippen LogP contribution in [0.1, 0.15) is 29.0 Å². The fourth-order valence-electron chi connectivity index (χ4n) is 10.9. The summed E-state index contributed by atoms with van der Waals surface area (Å²) in [6.07, 6.45) is 1.92. The van der Waals surface area contributed by atoms with Crippen molar-refractivity contribution < 1.29 is 4.42 Å². The van der Waals surface area contributed by atoms with Crippen LogP contribution in [-0.2, 0) is 6.42 Å². The molecule has 67 heavy (non-hydrogen) atoms. The summed E-state index contributed by atoms with van der Waals surface area (Å²) in [4.78, 5) is 16.4. The lowest BCUT2D eigenvalue weighted by atomic mass is 9.82. The van der Waals surface area contributed by atoms with Crippen molar-refractivity contribution in [2.24, 2.45) is 0 Å². The van der Waals surface area contributed by atoms with Crippen LogP contribution >= 0.6 is 0 Å². The van der Waals surface area contributed by atoms with Crippen LogP contribution in [0.15, 0.2) is 217 Å². The lowest BCUT2D eigenvalue weighted by Crippen LogP contribution is -2.07. The first kappa shape index (κ1) is 37.7. The maximum atomic E-state index is 6.90. The highest BCUT2D eigenvalue weighted by Gasteiger charge is 2.29. The van der Waals surface area contributed by atoms with Gasteiger partial charge >= 0.3 is 0 Å². The summed E-state index contributed by atoms with van der Waals surface area (Å²) >= 11 is 0. The van der Waals surface area contributed by atoms with E-state index in [0.29, 0.717) is 17.5 Å². The molecule has 3 heterocycles. The van der Waals surface area contributed by atoms with Crippen molar-refractivity contribution in [3.8, 4) is 51.0 Å². The topological polar surface area (TPSA) is 56.7 Å². The zero-order valence-electron chi connectivity index (χ0n) is 36.4.